The fraction of sp³-hybridized carbons (Fsp3) is 0.385. The van der Waals surface area contributed by atoms with Crippen LogP contribution in [-0.4, -0.2) is 22.5 Å². The minimum absolute atomic E-state index is 0.0678. The van der Waals surface area contributed by atoms with Gasteiger partial charge < -0.3 is 22.0 Å². The van der Waals surface area contributed by atoms with Crippen molar-refractivity contribution in [1.29, 1.82) is 0 Å². The average molecular weight is 264 g/mol. The Kier molecular flexibility index (Phi) is 4.88. The molecule has 0 radical (unpaired) electrons. The molecule has 6 heteroatoms. The number of nitrogens with one attached hydrogen (secondary N) is 1. The summed E-state index contributed by atoms with van der Waals surface area (Å²) in [6.45, 7) is 4.38. The number of hydrogen-bond acceptors (Lipinski definition) is 4. The van der Waals surface area contributed by atoms with Gasteiger partial charge in [0, 0.05) is 24.1 Å². The minimum atomic E-state index is -0.377. The van der Waals surface area contributed by atoms with Crippen molar-refractivity contribution in [2.45, 2.75) is 32.4 Å². The lowest BCUT2D eigenvalue weighted by atomic mass is 9.99. The first-order chi connectivity index (χ1) is 8.84. The van der Waals surface area contributed by atoms with E-state index in [1.165, 1.54) is 0 Å². The van der Waals surface area contributed by atoms with Gasteiger partial charge in [0.05, 0.1) is 0 Å². The van der Waals surface area contributed by atoms with Gasteiger partial charge in [-0.25, -0.2) is 0 Å². The Morgan fingerprint density at radius 2 is 2.11 bits per heavy atom. The van der Waals surface area contributed by atoms with Gasteiger partial charge in [0.2, 0.25) is 5.91 Å². The van der Waals surface area contributed by atoms with Crippen molar-refractivity contribution in [2.24, 2.45) is 16.6 Å². The molecule has 6 N–H and O–H groups in total. The van der Waals surface area contributed by atoms with Crippen molar-refractivity contribution >= 4 is 11.7 Å². The van der Waals surface area contributed by atoms with Gasteiger partial charge in [-0.2, -0.15) is 0 Å². The molecule has 0 saturated carbocycles. The van der Waals surface area contributed by atoms with Crippen molar-refractivity contribution in [3.05, 3.63) is 35.4 Å². The summed E-state index contributed by atoms with van der Waals surface area (Å²) in [6.07, 6.45) is 0.257. The van der Waals surface area contributed by atoms with Gasteiger partial charge in [-0.3, -0.25) is 4.79 Å². The zero-order chi connectivity index (χ0) is 14.5. The second-order valence-electron chi connectivity index (χ2n) is 5.07. The number of hydrogen-bond donors (Lipinski definition) is 4. The molecular weight excluding hydrogens is 244 g/mol. The largest absolute Gasteiger partial charge is 0.409 e. The molecule has 0 aliphatic carbocycles. The van der Waals surface area contributed by atoms with Gasteiger partial charge >= 0.3 is 0 Å². The molecule has 0 aliphatic rings. The smallest absolute Gasteiger partial charge is 0.219 e. The van der Waals surface area contributed by atoms with E-state index in [0.717, 1.165) is 5.56 Å². The van der Waals surface area contributed by atoms with Crippen LogP contribution >= 0.6 is 0 Å². The molecule has 0 aliphatic heterocycles. The summed E-state index contributed by atoms with van der Waals surface area (Å²) >= 11 is 0. The zero-order valence-electron chi connectivity index (χ0n) is 11.2. The third-order valence-electron chi connectivity index (χ3n) is 2.72. The molecule has 0 fully saturated rings. The van der Waals surface area contributed by atoms with Crippen LogP contribution in [0, 0.1) is 0 Å². The number of oxime groups is 1. The highest BCUT2D eigenvalue weighted by Crippen LogP contribution is 2.11. The first-order valence-electron chi connectivity index (χ1n) is 5.94. The Bertz CT molecular complexity index is 483. The Balaban J connectivity index is 2.70. The number of nitrogens with zero attached hydrogens (tertiary/aromatic N) is 1. The monoisotopic (exact) mass is 264 g/mol. The van der Waals surface area contributed by atoms with Crippen molar-refractivity contribution < 1.29 is 10.0 Å². The summed E-state index contributed by atoms with van der Waals surface area (Å²) in [7, 11) is 0. The summed E-state index contributed by atoms with van der Waals surface area (Å²) in [4.78, 5) is 10.9. The van der Waals surface area contributed by atoms with Crippen LogP contribution in [-0.2, 0) is 11.3 Å². The fourth-order valence-electron chi connectivity index (χ4n) is 1.74. The molecule has 1 aromatic rings. The van der Waals surface area contributed by atoms with E-state index in [4.69, 9.17) is 16.7 Å². The highest BCUT2D eigenvalue weighted by Gasteiger charge is 2.19. The molecule has 0 unspecified atom stereocenters. The van der Waals surface area contributed by atoms with Gasteiger partial charge in [0.15, 0.2) is 5.84 Å². The zero-order valence-corrected chi connectivity index (χ0v) is 11.2. The van der Waals surface area contributed by atoms with E-state index in [9.17, 15) is 4.79 Å². The van der Waals surface area contributed by atoms with Gasteiger partial charge in [-0.15, -0.1) is 0 Å². The molecule has 0 heterocycles. The molecule has 0 saturated heterocycles. The van der Waals surface area contributed by atoms with Gasteiger partial charge in [0.25, 0.3) is 0 Å². The second kappa shape index (κ2) is 6.19. The molecule has 1 rings (SSSR count). The average Bonchev–Trinajstić information content (AvgIpc) is 2.34. The maximum Gasteiger partial charge on any atom is 0.219 e. The quantitative estimate of drug-likeness (QED) is 0.259. The standard InChI is InChI=1S/C13H20N4O2/c1-13(2,7-11(14)18)16-8-9-4-3-5-10(6-9)12(15)17-19/h3-6,16,19H,7-8H2,1-2H3,(H2,14,18)(H2,15,17). The Morgan fingerprint density at radius 1 is 1.42 bits per heavy atom. The van der Waals surface area contributed by atoms with Crippen LogP contribution < -0.4 is 16.8 Å². The first-order valence-corrected chi connectivity index (χ1v) is 5.94. The van der Waals surface area contributed by atoms with E-state index < -0.39 is 0 Å². The number of amides is 1. The summed E-state index contributed by atoms with van der Waals surface area (Å²) < 4.78 is 0. The topological polar surface area (TPSA) is 114 Å². The number of carbonyl (C=O) groups excluding carboxylic acids is 1. The maximum absolute atomic E-state index is 10.9. The SMILES string of the molecule is CC(C)(CC(N)=O)NCc1cccc(/C(N)=N/O)c1. The molecule has 1 amide bonds. The lowest BCUT2D eigenvalue weighted by Gasteiger charge is -2.25. The predicted octanol–water partition coefficient (Wildman–Crippen LogP) is 0.525. The van der Waals surface area contributed by atoms with E-state index in [1.807, 2.05) is 32.0 Å². The Labute approximate surface area is 112 Å². The molecule has 0 spiro atoms. The van der Waals surface area contributed by atoms with Crippen LogP contribution in [0.1, 0.15) is 31.4 Å². The van der Waals surface area contributed by atoms with E-state index in [-0.39, 0.29) is 23.7 Å². The third-order valence-corrected chi connectivity index (χ3v) is 2.72. The third kappa shape index (κ3) is 4.97. The van der Waals surface area contributed by atoms with Crippen LogP contribution in [0.5, 0.6) is 0 Å². The molecular formula is C13H20N4O2. The molecule has 104 valence electrons. The number of amidine groups is 1. The number of primary amides is 1. The normalized spacial score (nSPS) is 12.4. The number of carbonyl (C=O) groups is 1. The number of benzene rings is 1. The summed E-state index contributed by atoms with van der Waals surface area (Å²) in [5.74, 6) is -0.277. The van der Waals surface area contributed by atoms with E-state index in [1.54, 1.807) is 6.07 Å². The van der Waals surface area contributed by atoms with Gasteiger partial charge in [-0.05, 0) is 25.5 Å². The molecule has 1 aromatic carbocycles. The van der Waals surface area contributed by atoms with Crippen LogP contribution in [0.25, 0.3) is 0 Å². The van der Waals surface area contributed by atoms with Crippen LogP contribution in [0.15, 0.2) is 29.4 Å². The van der Waals surface area contributed by atoms with Crippen molar-refractivity contribution in [3.63, 3.8) is 0 Å². The minimum Gasteiger partial charge on any atom is -0.409 e. The molecule has 0 atom stereocenters. The summed E-state index contributed by atoms with van der Waals surface area (Å²) in [5, 5.41) is 14.8. The molecule has 19 heavy (non-hydrogen) atoms. The number of nitrogens with two attached hydrogens (primary N) is 2. The van der Waals surface area contributed by atoms with Crippen molar-refractivity contribution in [1.82, 2.24) is 5.32 Å². The lowest BCUT2D eigenvalue weighted by Crippen LogP contribution is -2.42. The van der Waals surface area contributed by atoms with Gasteiger partial charge in [0.1, 0.15) is 0 Å². The highest BCUT2D eigenvalue weighted by molar-refractivity contribution is 5.97. The Hall–Kier alpha value is -2.08. The van der Waals surface area contributed by atoms with Crippen molar-refractivity contribution in [2.75, 3.05) is 0 Å². The van der Waals surface area contributed by atoms with Crippen LogP contribution in [0.2, 0.25) is 0 Å². The van der Waals surface area contributed by atoms with E-state index >= 15 is 0 Å². The van der Waals surface area contributed by atoms with Gasteiger partial charge in [-0.1, -0.05) is 23.4 Å². The van der Waals surface area contributed by atoms with Crippen molar-refractivity contribution in [3.8, 4) is 0 Å². The second-order valence-corrected chi connectivity index (χ2v) is 5.07. The predicted molar refractivity (Wildman–Crippen MR) is 73.7 cm³/mol. The fourth-order valence-corrected chi connectivity index (χ4v) is 1.74. The van der Waals surface area contributed by atoms with E-state index in [2.05, 4.69) is 10.5 Å². The summed E-state index contributed by atoms with van der Waals surface area (Å²) in [5.41, 5.74) is 12.0. The maximum atomic E-state index is 10.9. The molecule has 6 nitrogen and oxygen atoms in total. The first kappa shape index (κ1) is 15.0. The Morgan fingerprint density at radius 3 is 2.68 bits per heavy atom. The lowest BCUT2D eigenvalue weighted by molar-refractivity contribution is -0.119. The number of rotatable bonds is 6. The van der Waals surface area contributed by atoms with E-state index in [0.29, 0.717) is 12.1 Å². The molecule has 0 aromatic heterocycles. The molecule has 0 bridgehead atoms. The van der Waals surface area contributed by atoms with Crippen LogP contribution in [0.3, 0.4) is 0 Å². The van der Waals surface area contributed by atoms with Crippen LogP contribution in [0.4, 0.5) is 0 Å². The highest BCUT2D eigenvalue weighted by atomic mass is 16.4. The summed E-state index contributed by atoms with van der Waals surface area (Å²) in [6, 6.07) is 7.32.